The SMILES string of the molecule is CCc1noc(C(CN)CN)n1. The Morgan fingerprint density at radius 3 is 2.50 bits per heavy atom. The van der Waals surface area contributed by atoms with Crippen LogP contribution >= 0.6 is 0 Å². The maximum Gasteiger partial charge on any atom is 0.232 e. The van der Waals surface area contributed by atoms with Gasteiger partial charge in [-0.15, -0.1) is 0 Å². The van der Waals surface area contributed by atoms with Crippen molar-refractivity contribution >= 4 is 0 Å². The van der Waals surface area contributed by atoms with E-state index in [2.05, 4.69) is 10.1 Å². The molecule has 1 heterocycles. The second-order valence-corrected chi connectivity index (χ2v) is 2.57. The lowest BCUT2D eigenvalue weighted by molar-refractivity contribution is 0.352. The molecule has 0 aromatic carbocycles. The third-order valence-corrected chi connectivity index (χ3v) is 1.72. The van der Waals surface area contributed by atoms with Crippen LogP contribution in [0.3, 0.4) is 0 Å². The fourth-order valence-corrected chi connectivity index (χ4v) is 0.875. The molecular weight excluding hydrogens is 156 g/mol. The van der Waals surface area contributed by atoms with Crippen LogP contribution in [0.2, 0.25) is 0 Å². The van der Waals surface area contributed by atoms with Gasteiger partial charge in [0.05, 0.1) is 5.92 Å². The monoisotopic (exact) mass is 170 g/mol. The quantitative estimate of drug-likeness (QED) is 0.643. The molecule has 0 spiro atoms. The topological polar surface area (TPSA) is 91.0 Å². The van der Waals surface area contributed by atoms with Crippen molar-refractivity contribution in [2.24, 2.45) is 11.5 Å². The van der Waals surface area contributed by atoms with Gasteiger partial charge in [-0.3, -0.25) is 0 Å². The predicted octanol–water partition coefficient (Wildman–Crippen LogP) is -0.367. The van der Waals surface area contributed by atoms with Crippen LogP contribution in [-0.4, -0.2) is 23.2 Å². The molecule has 0 atom stereocenters. The molecule has 0 bridgehead atoms. The van der Waals surface area contributed by atoms with Crippen molar-refractivity contribution in [3.63, 3.8) is 0 Å². The first-order valence-corrected chi connectivity index (χ1v) is 4.04. The Labute approximate surface area is 71.1 Å². The number of rotatable bonds is 4. The second-order valence-electron chi connectivity index (χ2n) is 2.57. The van der Waals surface area contributed by atoms with Crippen LogP contribution < -0.4 is 11.5 Å². The van der Waals surface area contributed by atoms with Gasteiger partial charge >= 0.3 is 0 Å². The first kappa shape index (κ1) is 9.15. The molecule has 1 rings (SSSR count). The van der Waals surface area contributed by atoms with E-state index in [1.807, 2.05) is 6.92 Å². The van der Waals surface area contributed by atoms with Crippen LogP contribution in [-0.2, 0) is 6.42 Å². The summed E-state index contributed by atoms with van der Waals surface area (Å²) in [5.41, 5.74) is 10.9. The van der Waals surface area contributed by atoms with Crippen LogP contribution in [0.25, 0.3) is 0 Å². The van der Waals surface area contributed by atoms with Crippen LogP contribution in [0.4, 0.5) is 0 Å². The summed E-state index contributed by atoms with van der Waals surface area (Å²) < 4.78 is 4.98. The van der Waals surface area contributed by atoms with E-state index in [9.17, 15) is 0 Å². The van der Waals surface area contributed by atoms with Gasteiger partial charge in [-0.25, -0.2) is 0 Å². The smallest absolute Gasteiger partial charge is 0.232 e. The zero-order chi connectivity index (χ0) is 8.97. The van der Waals surface area contributed by atoms with Crippen LogP contribution in [0, 0.1) is 0 Å². The lowest BCUT2D eigenvalue weighted by atomic mass is 10.1. The molecule has 0 amide bonds. The van der Waals surface area contributed by atoms with Gasteiger partial charge in [0.15, 0.2) is 5.82 Å². The summed E-state index contributed by atoms with van der Waals surface area (Å²) in [6.07, 6.45) is 0.769. The Morgan fingerprint density at radius 1 is 1.42 bits per heavy atom. The maximum absolute atomic E-state index is 5.46. The number of nitrogens with zero attached hydrogens (tertiary/aromatic N) is 2. The molecule has 1 aromatic rings. The van der Waals surface area contributed by atoms with E-state index in [1.54, 1.807) is 0 Å². The van der Waals surface area contributed by atoms with E-state index in [1.165, 1.54) is 0 Å². The lowest BCUT2D eigenvalue weighted by Crippen LogP contribution is -2.21. The molecule has 0 aliphatic rings. The largest absolute Gasteiger partial charge is 0.339 e. The van der Waals surface area contributed by atoms with Gasteiger partial charge < -0.3 is 16.0 Å². The fourth-order valence-electron chi connectivity index (χ4n) is 0.875. The number of nitrogens with two attached hydrogens (primary N) is 2. The van der Waals surface area contributed by atoms with Crippen molar-refractivity contribution < 1.29 is 4.52 Å². The summed E-state index contributed by atoms with van der Waals surface area (Å²) in [5.74, 6) is 1.26. The molecule has 0 radical (unpaired) electrons. The Hall–Kier alpha value is -0.940. The predicted molar refractivity (Wildman–Crippen MR) is 44.5 cm³/mol. The maximum atomic E-state index is 5.46. The van der Waals surface area contributed by atoms with Crippen molar-refractivity contribution in [1.82, 2.24) is 10.1 Å². The minimum Gasteiger partial charge on any atom is -0.339 e. The normalized spacial score (nSPS) is 11.0. The molecule has 5 nitrogen and oxygen atoms in total. The highest BCUT2D eigenvalue weighted by molar-refractivity contribution is 4.94. The van der Waals surface area contributed by atoms with Crippen LogP contribution in [0.15, 0.2) is 4.52 Å². The average molecular weight is 170 g/mol. The van der Waals surface area contributed by atoms with Gasteiger partial charge in [0.2, 0.25) is 5.89 Å². The minimum atomic E-state index is -0.00204. The summed E-state index contributed by atoms with van der Waals surface area (Å²) in [4.78, 5) is 4.13. The van der Waals surface area contributed by atoms with E-state index >= 15 is 0 Å². The zero-order valence-corrected chi connectivity index (χ0v) is 7.16. The van der Waals surface area contributed by atoms with E-state index < -0.39 is 0 Å². The Morgan fingerprint density at radius 2 is 2.08 bits per heavy atom. The lowest BCUT2D eigenvalue weighted by Gasteiger charge is -2.03. The van der Waals surface area contributed by atoms with Crippen molar-refractivity contribution in [3.8, 4) is 0 Å². The summed E-state index contributed by atoms with van der Waals surface area (Å²) in [5, 5.41) is 3.75. The zero-order valence-electron chi connectivity index (χ0n) is 7.16. The molecule has 0 aliphatic heterocycles. The van der Waals surface area contributed by atoms with Crippen LogP contribution in [0.5, 0.6) is 0 Å². The second kappa shape index (κ2) is 4.18. The van der Waals surface area contributed by atoms with Crippen molar-refractivity contribution in [1.29, 1.82) is 0 Å². The minimum absolute atomic E-state index is 0.00204. The Balaban J connectivity index is 2.72. The number of hydrogen-bond acceptors (Lipinski definition) is 5. The summed E-state index contributed by atoms with van der Waals surface area (Å²) in [7, 11) is 0. The first-order valence-electron chi connectivity index (χ1n) is 4.04. The molecule has 0 aliphatic carbocycles. The third kappa shape index (κ3) is 1.80. The van der Waals surface area contributed by atoms with E-state index in [0.29, 0.717) is 24.8 Å². The molecule has 0 saturated heterocycles. The van der Waals surface area contributed by atoms with Gasteiger partial charge in [-0.05, 0) is 0 Å². The summed E-state index contributed by atoms with van der Waals surface area (Å²) in [6.45, 7) is 2.86. The van der Waals surface area contributed by atoms with E-state index in [0.717, 1.165) is 6.42 Å². The van der Waals surface area contributed by atoms with Gasteiger partial charge in [-0.1, -0.05) is 12.1 Å². The van der Waals surface area contributed by atoms with Crippen molar-refractivity contribution in [3.05, 3.63) is 11.7 Å². The Kier molecular flexibility index (Phi) is 3.19. The molecule has 0 fully saturated rings. The molecule has 4 N–H and O–H groups in total. The van der Waals surface area contributed by atoms with Crippen molar-refractivity contribution in [2.75, 3.05) is 13.1 Å². The fraction of sp³-hybridized carbons (Fsp3) is 0.714. The van der Waals surface area contributed by atoms with Gasteiger partial charge in [0.1, 0.15) is 0 Å². The van der Waals surface area contributed by atoms with E-state index in [4.69, 9.17) is 16.0 Å². The highest BCUT2D eigenvalue weighted by atomic mass is 16.5. The number of aryl methyl sites for hydroxylation is 1. The van der Waals surface area contributed by atoms with Gasteiger partial charge in [0.25, 0.3) is 0 Å². The number of hydrogen-bond donors (Lipinski definition) is 2. The molecule has 0 saturated carbocycles. The molecule has 5 heteroatoms. The highest BCUT2D eigenvalue weighted by Gasteiger charge is 2.14. The highest BCUT2D eigenvalue weighted by Crippen LogP contribution is 2.10. The Bertz CT molecular complexity index is 231. The molecule has 12 heavy (non-hydrogen) atoms. The first-order chi connectivity index (χ1) is 5.81. The third-order valence-electron chi connectivity index (χ3n) is 1.72. The molecule has 0 unspecified atom stereocenters. The summed E-state index contributed by atoms with van der Waals surface area (Å²) >= 11 is 0. The van der Waals surface area contributed by atoms with E-state index in [-0.39, 0.29) is 5.92 Å². The number of aromatic nitrogens is 2. The van der Waals surface area contributed by atoms with Gasteiger partial charge in [0, 0.05) is 19.5 Å². The average Bonchev–Trinajstić information content (AvgIpc) is 2.55. The standard InChI is InChI=1S/C7H14N4O/c1-2-6-10-7(12-11-6)5(3-8)4-9/h5H,2-4,8-9H2,1H3. The summed E-state index contributed by atoms with van der Waals surface area (Å²) in [6, 6.07) is 0. The van der Waals surface area contributed by atoms with Crippen LogP contribution in [0.1, 0.15) is 24.6 Å². The molecule has 1 aromatic heterocycles. The molecular formula is C7H14N4O. The van der Waals surface area contributed by atoms with Gasteiger partial charge in [-0.2, -0.15) is 4.98 Å². The molecule has 68 valence electrons. The van der Waals surface area contributed by atoms with Crippen molar-refractivity contribution in [2.45, 2.75) is 19.3 Å².